The van der Waals surface area contributed by atoms with Crippen molar-refractivity contribution in [2.75, 3.05) is 12.4 Å². The first-order chi connectivity index (χ1) is 14.2. The van der Waals surface area contributed by atoms with E-state index in [0.29, 0.717) is 11.4 Å². The fraction of sp³-hybridized carbons (Fsp3) is 0.190. The smallest absolute Gasteiger partial charge is 0.292 e. The summed E-state index contributed by atoms with van der Waals surface area (Å²) >= 11 is 0. The normalized spacial score (nSPS) is 10.6. The van der Waals surface area contributed by atoms with E-state index in [9.17, 15) is 18.0 Å². The summed E-state index contributed by atoms with van der Waals surface area (Å²) in [6.45, 7) is 3.50. The van der Waals surface area contributed by atoms with E-state index in [0.717, 1.165) is 23.3 Å². The quantitative estimate of drug-likeness (QED) is 0.640. The van der Waals surface area contributed by atoms with Gasteiger partial charge in [0.1, 0.15) is 17.4 Å². The molecule has 2 aromatic carbocycles. The molecule has 0 bridgehead atoms. The highest BCUT2D eigenvalue weighted by atomic mass is 19.2. The Morgan fingerprint density at radius 3 is 2.40 bits per heavy atom. The van der Waals surface area contributed by atoms with E-state index in [1.807, 2.05) is 13.8 Å². The van der Waals surface area contributed by atoms with Gasteiger partial charge in [0, 0.05) is 11.9 Å². The number of nitrogens with zero attached hydrogens (tertiary/aromatic N) is 3. The molecule has 0 aliphatic heterocycles. The van der Waals surface area contributed by atoms with Gasteiger partial charge in [0.05, 0.1) is 13.7 Å². The summed E-state index contributed by atoms with van der Waals surface area (Å²) < 4.78 is 47.1. The number of aryl methyl sites for hydroxylation is 2. The molecule has 154 valence electrons. The number of benzene rings is 2. The number of hydrogen-bond donors (Lipinski definition) is 1. The number of nitriles is 1. The molecule has 0 aliphatic carbocycles. The predicted molar refractivity (Wildman–Crippen MR) is 104 cm³/mol. The minimum absolute atomic E-state index is 0.0526. The second kappa shape index (κ2) is 8.29. The molecule has 0 unspecified atom stereocenters. The van der Waals surface area contributed by atoms with Crippen molar-refractivity contribution in [1.29, 1.82) is 5.26 Å². The van der Waals surface area contributed by atoms with E-state index >= 15 is 0 Å². The predicted octanol–water partition coefficient (Wildman–Crippen LogP) is 3.95. The molecule has 3 rings (SSSR count). The number of halogens is 3. The lowest BCUT2D eigenvalue weighted by molar-refractivity contribution is 0.411. The maximum absolute atomic E-state index is 13.6. The SMILES string of the molecule is COc1cc(C)c(Nc2nc(=O)c(C#N)cn2Cc2cc(F)c(F)c(F)c2)cc1C. The van der Waals surface area contributed by atoms with Crippen LogP contribution in [0.25, 0.3) is 0 Å². The highest BCUT2D eigenvalue weighted by Crippen LogP contribution is 2.28. The summed E-state index contributed by atoms with van der Waals surface area (Å²) in [6, 6.07) is 7.01. The first kappa shape index (κ1) is 20.9. The molecule has 1 N–H and O–H groups in total. The van der Waals surface area contributed by atoms with Crippen molar-refractivity contribution in [2.24, 2.45) is 0 Å². The molecule has 0 radical (unpaired) electrons. The molecule has 0 saturated heterocycles. The molecule has 0 atom stereocenters. The summed E-state index contributed by atoms with van der Waals surface area (Å²) in [7, 11) is 1.55. The highest BCUT2D eigenvalue weighted by Gasteiger charge is 2.15. The number of aromatic nitrogens is 2. The zero-order chi connectivity index (χ0) is 22.0. The van der Waals surface area contributed by atoms with Crippen LogP contribution in [0.15, 0.2) is 35.3 Å². The van der Waals surface area contributed by atoms with Crippen LogP contribution in [0.5, 0.6) is 5.75 Å². The van der Waals surface area contributed by atoms with E-state index in [1.54, 1.807) is 25.3 Å². The molecule has 3 aromatic rings. The van der Waals surface area contributed by atoms with Gasteiger partial charge in [-0.05, 0) is 54.8 Å². The average Bonchev–Trinajstić information content (AvgIpc) is 2.70. The van der Waals surface area contributed by atoms with Crippen LogP contribution in [0.1, 0.15) is 22.3 Å². The Labute approximate surface area is 170 Å². The molecule has 0 fully saturated rings. The van der Waals surface area contributed by atoms with Gasteiger partial charge in [-0.15, -0.1) is 0 Å². The van der Waals surface area contributed by atoms with E-state index in [4.69, 9.17) is 10.00 Å². The van der Waals surface area contributed by atoms with E-state index in [-0.39, 0.29) is 23.6 Å². The summed E-state index contributed by atoms with van der Waals surface area (Å²) in [5.74, 6) is -3.51. The molecule has 6 nitrogen and oxygen atoms in total. The van der Waals surface area contributed by atoms with Crippen molar-refractivity contribution in [1.82, 2.24) is 9.55 Å². The number of nitrogens with one attached hydrogen (secondary N) is 1. The summed E-state index contributed by atoms with van der Waals surface area (Å²) in [5, 5.41) is 12.2. The van der Waals surface area contributed by atoms with Gasteiger partial charge in [-0.25, -0.2) is 13.2 Å². The van der Waals surface area contributed by atoms with Crippen LogP contribution in [0.3, 0.4) is 0 Å². The minimum atomic E-state index is -1.57. The van der Waals surface area contributed by atoms with Gasteiger partial charge in [-0.2, -0.15) is 10.2 Å². The molecule has 30 heavy (non-hydrogen) atoms. The van der Waals surface area contributed by atoms with Crippen LogP contribution in [0.4, 0.5) is 24.8 Å². The maximum atomic E-state index is 13.6. The van der Waals surface area contributed by atoms with Crippen LogP contribution in [0.2, 0.25) is 0 Å². The second-order valence-electron chi connectivity index (χ2n) is 6.66. The van der Waals surface area contributed by atoms with Crippen LogP contribution in [-0.2, 0) is 6.54 Å². The van der Waals surface area contributed by atoms with Gasteiger partial charge < -0.3 is 14.6 Å². The first-order valence-electron chi connectivity index (χ1n) is 8.80. The highest BCUT2D eigenvalue weighted by molar-refractivity contribution is 5.62. The van der Waals surface area contributed by atoms with E-state index in [1.165, 1.54) is 10.8 Å². The van der Waals surface area contributed by atoms with Crippen LogP contribution in [0, 0.1) is 42.6 Å². The number of methoxy groups -OCH3 is 1. The van der Waals surface area contributed by atoms with Crippen molar-refractivity contribution in [3.05, 3.63) is 80.5 Å². The van der Waals surface area contributed by atoms with Gasteiger partial charge in [0.25, 0.3) is 5.56 Å². The van der Waals surface area contributed by atoms with Crippen LogP contribution >= 0.6 is 0 Å². The van der Waals surface area contributed by atoms with Crippen molar-refractivity contribution in [3.63, 3.8) is 0 Å². The lowest BCUT2D eigenvalue weighted by atomic mass is 10.1. The third-order valence-electron chi connectivity index (χ3n) is 4.50. The molecule has 1 aromatic heterocycles. The van der Waals surface area contributed by atoms with Gasteiger partial charge in [0.2, 0.25) is 5.95 Å². The lowest BCUT2D eigenvalue weighted by Crippen LogP contribution is -2.20. The van der Waals surface area contributed by atoms with E-state index in [2.05, 4.69) is 10.3 Å². The topological polar surface area (TPSA) is 79.9 Å². The third kappa shape index (κ3) is 4.12. The lowest BCUT2D eigenvalue weighted by Gasteiger charge is -2.17. The molecule has 0 spiro atoms. The first-order valence-corrected chi connectivity index (χ1v) is 8.80. The van der Waals surface area contributed by atoms with Gasteiger partial charge >= 0.3 is 0 Å². The number of rotatable bonds is 5. The fourth-order valence-corrected chi connectivity index (χ4v) is 2.95. The zero-order valence-electron chi connectivity index (χ0n) is 16.4. The van der Waals surface area contributed by atoms with Gasteiger partial charge in [-0.3, -0.25) is 4.79 Å². The third-order valence-corrected chi connectivity index (χ3v) is 4.50. The number of ether oxygens (including phenoxy) is 1. The minimum Gasteiger partial charge on any atom is -0.496 e. The second-order valence-corrected chi connectivity index (χ2v) is 6.66. The number of hydrogen-bond acceptors (Lipinski definition) is 5. The maximum Gasteiger partial charge on any atom is 0.292 e. The molecular formula is C21H17F3N4O2. The van der Waals surface area contributed by atoms with Gasteiger partial charge in [0.15, 0.2) is 17.5 Å². The molecular weight excluding hydrogens is 397 g/mol. The Hall–Kier alpha value is -3.80. The Kier molecular flexibility index (Phi) is 5.78. The van der Waals surface area contributed by atoms with Crippen LogP contribution in [-0.4, -0.2) is 16.7 Å². The van der Waals surface area contributed by atoms with Crippen molar-refractivity contribution in [2.45, 2.75) is 20.4 Å². The largest absolute Gasteiger partial charge is 0.496 e. The number of anilines is 2. The van der Waals surface area contributed by atoms with Crippen molar-refractivity contribution >= 4 is 11.6 Å². The fourth-order valence-electron chi connectivity index (χ4n) is 2.95. The van der Waals surface area contributed by atoms with Crippen LogP contribution < -0.4 is 15.6 Å². The monoisotopic (exact) mass is 414 g/mol. The zero-order valence-corrected chi connectivity index (χ0v) is 16.4. The Bertz CT molecular complexity index is 1210. The Morgan fingerprint density at radius 2 is 1.80 bits per heavy atom. The molecule has 0 amide bonds. The molecule has 0 aliphatic rings. The summed E-state index contributed by atoms with van der Waals surface area (Å²) in [5.41, 5.74) is 1.33. The van der Waals surface area contributed by atoms with Gasteiger partial charge in [-0.1, -0.05) is 0 Å². The standard InChI is InChI=1S/C21H17F3N4O2/c1-11-5-18(30-3)12(2)4-17(11)26-21-27-20(29)14(8-25)10-28(21)9-13-6-15(22)19(24)16(23)7-13/h4-7,10H,9H2,1-3H3,(H,26,27,29). The Balaban J connectivity index is 2.07. The molecule has 9 heteroatoms. The average molecular weight is 414 g/mol. The summed E-state index contributed by atoms with van der Waals surface area (Å²) in [4.78, 5) is 16.0. The van der Waals surface area contributed by atoms with Crippen molar-refractivity contribution < 1.29 is 17.9 Å². The molecule has 1 heterocycles. The summed E-state index contributed by atoms with van der Waals surface area (Å²) in [6.07, 6.45) is 1.22. The van der Waals surface area contributed by atoms with Crippen molar-refractivity contribution in [3.8, 4) is 11.8 Å². The Morgan fingerprint density at radius 1 is 1.13 bits per heavy atom. The van der Waals surface area contributed by atoms with E-state index < -0.39 is 23.0 Å². The molecule has 0 saturated carbocycles.